The van der Waals surface area contributed by atoms with Crippen LogP contribution in [0.1, 0.15) is 37.1 Å². The Morgan fingerprint density at radius 3 is 2.74 bits per heavy atom. The van der Waals surface area contributed by atoms with Crippen molar-refractivity contribution in [3.8, 4) is 0 Å². The highest BCUT2D eigenvalue weighted by Gasteiger charge is 2.35. The highest BCUT2D eigenvalue weighted by Crippen LogP contribution is 2.35. The van der Waals surface area contributed by atoms with Crippen molar-refractivity contribution in [3.63, 3.8) is 0 Å². The number of hydrogen-bond acceptors (Lipinski definition) is 4. The third-order valence-corrected chi connectivity index (χ3v) is 5.76. The number of fused-ring (bicyclic) bond motifs is 3. The summed E-state index contributed by atoms with van der Waals surface area (Å²) in [6.07, 6.45) is 12.4. The first-order valence-corrected chi connectivity index (χ1v) is 9.81. The van der Waals surface area contributed by atoms with E-state index < -0.39 is 0 Å². The molecule has 3 aliphatic heterocycles. The van der Waals surface area contributed by atoms with Crippen LogP contribution in [-0.4, -0.2) is 44.5 Å². The van der Waals surface area contributed by atoms with Crippen LogP contribution >= 0.6 is 11.6 Å². The minimum absolute atomic E-state index is 0.431. The SMILES string of the molecule is C=C(/C=C(\C=C/C)c1ccc(Cl)nc1)c1cn(C2CN3CCC2CC3)nn1. The maximum Gasteiger partial charge on any atom is 0.129 e. The van der Waals surface area contributed by atoms with Gasteiger partial charge in [0.05, 0.1) is 12.2 Å². The normalized spacial score (nSPS) is 25.3. The smallest absolute Gasteiger partial charge is 0.129 e. The summed E-state index contributed by atoms with van der Waals surface area (Å²) in [4.78, 5) is 6.70. The van der Waals surface area contributed by atoms with Crippen molar-refractivity contribution in [1.29, 1.82) is 0 Å². The van der Waals surface area contributed by atoms with Crippen LogP contribution in [0.25, 0.3) is 11.1 Å². The number of rotatable bonds is 5. The van der Waals surface area contributed by atoms with Crippen LogP contribution in [0.15, 0.2) is 49.3 Å². The van der Waals surface area contributed by atoms with E-state index in [4.69, 9.17) is 11.6 Å². The Hall–Kier alpha value is -2.24. The van der Waals surface area contributed by atoms with Crippen molar-refractivity contribution >= 4 is 22.7 Å². The topological polar surface area (TPSA) is 46.8 Å². The predicted molar refractivity (Wildman–Crippen MR) is 109 cm³/mol. The molecule has 5 rings (SSSR count). The van der Waals surface area contributed by atoms with E-state index in [0.717, 1.165) is 28.9 Å². The second-order valence-corrected chi connectivity index (χ2v) is 7.67. The summed E-state index contributed by atoms with van der Waals surface area (Å²) in [6, 6.07) is 4.18. The molecular weight excluding hydrogens is 358 g/mol. The average molecular weight is 382 g/mol. The third-order valence-electron chi connectivity index (χ3n) is 5.54. The maximum atomic E-state index is 5.91. The molecule has 1 atom stereocenters. The van der Waals surface area contributed by atoms with Crippen molar-refractivity contribution in [2.75, 3.05) is 19.6 Å². The summed E-state index contributed by atoms with van der Waals surface area (Å²) in [5, 5.41) is 9.29. The van der Waals surface area contributed by atoms with Gasteiger partial charge in [-0.15, -0.1) is 5.10 Å². The zero-order chi connectivity index (χ0) is 18.8. The molecule has 3 aliphatic rings. The molecule has 0 amide bonds. The summed E-state index contributed by atoms with van der Waals surface area (Å²) in [7, 11) is 0. The second-order valence-electron chi connectivity index (χ2n) is 7.28. The first-order chi connectivity index (χ1) is 13.1. The third kappa shape index (κ3) is 3.89. The van der Waals surface area contributed by atoms with Crippen molar-refractivity contribution in [3.05, 3.63) is 65.7 Å². The van der Waals surface area contributed by atoms with Gasteiger partial charge in [-0.3, -0.25) is 0 Å². The minimum Gasteiger partial charge on any atom is -0.301 e. The van der Waals surface area contributed by atoms with Gasteiger partial charge in [0.15, 0.2) is 0 Å². The lowest BCUT2D eigenvalue weighted by molar-refractivity contribution is 0.0504. The van der Waals surface area contributed by atoms with E-state index in [0.29, 0.717) is 17.1 Å². The van der Waals surface area contributed by atoms with Crippen LogP contribution in [0.3, 0.4) is 0 Å². The van der Waals surface area contributed by atoms with Crippen LogP contribution in [-0.2, 0) is 0 Å². The Bertz CT molecular complexity index is 872. The van der Waals surface area contributed by atoms with Crippen molar-refractivity contribution < 1.29 is 0 Å². The van der Waals surface area contributed by atoms with Gasteiger partial charge in [-0.2, -0.15) is 0 Å². The number of pyridine rings is 1. The number of allylic oxidation sites excluding steroid dienone is 5. The maximum absolute atomic E-state index is 5.91. The van der Waals surface area contributed by atoms with Crippen LogP contribution in [0.4, 0.5) is 0 Å². The van der Waals surface area contributed by atoms with Crippen molar-refractivity contribution in [1.82, 2.24) is 24.9 Å². The molecule has 2 aromatic rings. The number of hydrogen-bond donors (Lipinski definition) is 0. The van der Waals surface area contributed by atoms with Gasteiger partial charge in [0.2, 0.25) is 0 Å². The fraction of sp³-hybridized carbons (Fsp3) is 0.381. The fourth-order valence-electron chi connectivity index (χ4n) is 4.03. The lowest BCUT2D eigenvalue weighted by Gasteiger charge is -2.44. The van der Waals surface area contributed by atoms with E-state index in [9.17, 15) is 0 Å². The van der Waals surface area contributed by atoms with Gasteiger partial charge in [0.1, 0.15) is 10.8 Å². The molecule has 0 spiro atoms. The van der Waals surface area contributed by atoms with Crippen molar-refractivity contribution in [2.24, 2.45) is 5.92 Å². The molecule has 0 aromatic carbocycles. The Morgan fingerprint density at radius 1 is 1.30 bits per heavy atom. The lowest BCUT2D eigenvalue weighted by Crippen LogP contribution is -2.48. The number of piperidine rings is 3. The summed E-state index contributed by atoms with van der Waals surface area (Å²) >= 11 is 5.91. The highest BCUT2D eigenvalue weighted by molar-refractivity contribution is 6.29. The monoisotopic (exact) mass is 381 g/mol. The zero-order valence-electron chi connectivity index (χ0n) is 15.6. The summed E-state index contributed by atoms with van der Waals surface area (Å²) in [5.41, 5.74) is 3.66. The van der Waals surface area contributed by atoms with Crippen LogP contribution in [0.2, 0.25) is 5.15 Å². The lowest BCUT2D eigenvalue weighted by atomic mass is 9.84. The Kier molecular flexibility index (Phi) is 5.23. The van der Waals surface area contributed by atoms with E-state index in [1.165, 1.54) is 25.9 Å². The molecule has 5 nitrogen and oxygen atoms in total. The van der Waals surface area contributed by atoms with E-state index in [2.05, 4.69) is 26.8 Å². The largest absolute Gasteiger partial charge is 0.301 e. The average Bonchev–Trinajstić information content (AvgIpc) is 3.19. The van der Waals surface area contributed by atoms with Gasteiger partial charge < -0.3 is 4.90 Å². The Labute approximate surface area is 165 Å². The van der Waals surface area contributed by atoms with E-state index in [1.807, 2.05) is 42.1 Å². The van der Waals surface area contributed by atoms with Crippen LogP contribution < -0.4 is 0 Å². The Balaban J connectivity index is 1.56. The molecule has 1 unspecified atom stereocenters. The summed E-state index contributed by atoms with van der Waals surface area (Å²) in [6.45, 7) is 9.73. The molecule has 0 saturated carbocycles. The molecule has 0 radical (unpaired) electrons. The molecule has 6 heteroatoms. The first-order valence-electron chi connectivity index (χ1n) is 9.44. The predicted octanol–water partition coefficient (Wildman–Crippen LogP) is 4.27. The number of aromatic nitrogens is 4. The van der Waals surface area contributed by atoms with E-state index in [-0.39, 0.29) is 0 Å². The summed E-state index contributed by atoms with van der Waals surface area (Å²) < 4.78 is 2.05. The first kappa shape index (κ1) is 18.1. The number of nitrogens with zero attached hydrogens (tertiary/aromatic N) is 5. The Morgan fingerprint density at radius 2 is 2.11 bits per heavy atom. The molecule has 140 valence electrons. The highest BCUT2D eigenvalue weighted by atomic mass is 35.5. The molecule has 2 bridgehead atoms. The van der Waals surface area contributed by atoms with Crippen LogP contribution in [0.5, 0.6) is 0 Å². The van der Waals surface area contributed by atoms with Gasteiger partial charge in [0, 0.05) is 18.3 Å². The zero-order valence-corrected chi connectivity index (χ0v) is 16.3. The van der Waals surface area contributed by atoms with Gasteiger partial charge >= 0.3 is 0 Å². The second kappa shape index (κ2) is 7.79. The molecule has 27 heavy (non-hydrogen) atoms. The van der Waals surface area contributed by atoms with Gasteiger partial charge in [-0.05, 0) is 68.1 Å². The molecule has 0 N–H and O–H groups in total. The molecular formula is C21H24ClN5. The standard InChI is InChI=1S/C21H24ClN5/c1-3-4-17(18-5-6-21(22)23-12-18)11-15(2)19-13-27(25-24-19)20-14-26-9-7-16(20)8-10-26/h3-6,11-13,16,20H,2,7-10,14H2,1H3/b4-3-,17-11+. The number of halogens is 1. The quantitative estimate of drug-likeness (QED) is 0.573. The molecule has 2 aromatic heterocycles. The minimum atomic E-state index is 0.431. The van der Waals surface area contributed by atoms with Gasteiger partial charge in [-0.1, -0.05) is 35.5 Å². The summed E-state index contributed by atoms with van der Waals surface area (Å²) in [5.74, 6) is 0.715. The van der Waals surface area contributed by atoms with Gasteiger partial charge in [-0.25, -0.2) is 9.67 Å². The molecule has 3 fully saturated rings. The van der Waals surface area contributed by atoms with Crippen molar-refractivity contribution in [2.45, 2.75) is 25.8 Å². The molecule has 5 heterocycles. The fourth-order valence-corrected chi connectivity index (χ4v) is 4.15. The van der Waals surface area contributed by atoms with Crippen LogP contribution in [0, 0.1) is 5.92 Å². The molecule has 3 saturated heterocycles. The van der Waals surface area contributed by atoms with E-state index >= 15 is 0 Å². The molecule has 0 aliphatic carbocycles. The van der Waals surface area contributed by atoms with E-state index in [1.54, 1.807) is 12.3 Å². The van der Waals surface area contributed by atoms with Gasteiger partial charge in [0.25, 0.3) is 0 Å².